The van der Waals surface area contributed by atoms with Gasteiger partial charge in [-0.2, -0.15) is 0 Å². The molecule has 0 amide bonds. The smallest absolute Gasteiger partial charge is 0.130 e. The second kappa shape index (κ2) is 7.81. The summed E-state index contributed by atoms with van der Waals surface area (Å²) < 4.78 is 26.3. The van der Waals surface area contributed by atoms with Crippen molar-refractivity contribution in [3.63, 3.8) is 0 Å². The van der Waals surface area contributed by atoms with E-state index in [1.165, 1.54) is 12.1 Å². The van der Waals surface area contributed by atoms with Gasteiger partial charge in [0.2, 0.25) is 0 Å². The van der Waals surface area contributed by atoms with Crippen molar-refractivity contribution in [2.75, 3.05) is 13.2 Å². The molecule has 0 saturated carbocycles. The molecule has 3 nitrogen and oxygen atoms in total. The zero-order chi connectivity index (χ0) is 15.1. The molecule has 21 heavy (non-hydrogen) atoms. The molecule has 2 aromatic rings. The monoisotopic (exact) mass is 292 g/mol. The zero-order valence-corrected chi connectivity index (χ0v) is 11.6. The molecule has 0 aliphatic heterocycles. The first-order chi connectivity index (χ1) is 10.2. The van der Waals surface area contributed by atoms with E-state index in [1.807, 2.05) is 18.2 Å². The Labute approximate surface area is 122 Å². The third-order valence-electron chi connectivity index (χ3n) is 3.25. The van der Waals surface area contributed by atoms with Crippen molar-refractivity contribution < 1.29 is 13.9 Å². The summed E-state index contributed by atoms with van der Waals surface area (Å²) in [6.07, 6.45) is 2.36. The minimum Gasteiger partial charge on any atom is -0.396 e. The molecule has 0 bridgehead atoms. The van der Waals surface area contributed by atoms with E-state index in [0.29, 0.717) is 25.1 Å². The average molecular weight is 292 g/mol. The lowest BCUT2D eigenvalue weighted by molar-refractivity contribution is 0.220. The largest absolute Gasteiger partial charge is 0.396 e. The van der Waals surface area contributed by atoms with Gasteiger partial charge in [-0.25, -0.2) is 8.78 Å². The Balaban J connectivity index is 1.83. The molecule has 2 rings (SSSR count). The molecular formula is C16H18F2N2O. The standard InChI is InChI=1S/C16H18F2N2O/c17-14-5-4-13(16(18)8-14)10-19-9-12(11-21)7-15-3-1-2-6-20-15/h1-6,8,12,19,21H,7,9-11H2. The van der Waals surface area contributed by atoms with E-state index in [9.17, 15) is 13.9 Å². The molecule has 1 heterocycles. The Bertz CT molecular complexity index is 563. The summed E-state index contributed by atoms with van der Waals surface area (Å²) in [7, 11) is 0. The quantitative estimate of drug-likeness (QED) is 0.823. The van der Waals surface area contributed by atoms with Crippen molar-refractivity contribution in [1.29, 1.82) is 0 Å². The van der Waals surface area contributed by atoms with Crippen LogP contribution < -0.4 is 5.32 Å². The number of nitrogens with zero attached hydrogens (tertiary/aromatic N) is 1. The number of benzene rings is 1. The van der Waals surface area contributed by atoms with Crippen LogP contribution in [0.25, 0.3) is 0 Å². The summed E-state index contributed by atoms with van der Waals surface area (Å²) in [5, 5.41) is 12.5. The van der Waals surface area contributed by atoms with Gasteiger partial charge >= 0.3 is 0 Å². The molecule has 0 aliphatic rings. The summed E-state index contributed by atoms with van der Waals surface area (Å²) in [6, 6.07) is 9.17. The summed E-state index contributed by atoms with van der Waals surface area (Å²) >= 11 is 0. The number of hydrogen-bond acceptors (Lipinski definition) is 3. The lowest BCUT2D eigenvalue weighted by Crippen LogP contribution is -2.27. The van der Waals surface area contributed by atoms with Crippen LogP contribution in [-0.4, -0.2) is 23.2 Å². The highest BCUT2D eigenvalue weighted by molar-refractivity contribution is 5.18. The van der Waals surface area contributed by atoms with Crippen LogP contribution in [0.4, 0.5) is 8.78 Å². The molecule has 1 unspecified atom stereocenters. The lowest BCUT2D eigenvalue weighted by Gasteiger charge is -2.15. The van der Waals surface area contributed by atoms with Crippen LogP contribution >= 0.6 is 0 Å². The molecule has 0 radical (unpaired) electrons. The highest BCUT2D eigenvalue weighted by Crippen LogP contribution is 2.10. The summed E-state index contributed by atoms with van der Waals surface area (Å²) in [4.78, 5) is 4.22. The third kappa shape index (κ3) is 4.88. The van der Waals surface area contributed by atoms with E-state index in [2.05, 4.69) is 10.3 Å². The lowest BCUT2D eigenvalue weighted by atomic mass is 10.0. The predicted molar refractivity (Wildman–Crippen MR) is 76.6 cm³/mol. The minimum atomic E-state index is -0.584. The van der Waals surface area contributed by atoms with E-state index < -0.39 is 11.6 Å². The van der Waals surface area contributed by atoms with Gasteiger partial charge in [0.15, 0.2) is 0 Å². The van der Waals surface area contributed by atoms with Gasteiger partial charge in [0.05, 0.1) is 0 Å². The van der Waals surface area contributed by atoms with Crippen molar-refractivity contribution >= 4 is 0 Å². The van der Waals surface area contributed by atoms with Gasteiger partial charge in [-0.3, -0.25) is 4.98 Å². The van der Waals surface area contributed by atoms with Crippen molar-refractivity contribution in [2.24, 2.45) is 5.92 Å². The Kier molecular flexibility index (Phi) is 5.78. The van der Waals surface area contributed by atoms with Gasteiger partial charge in [0.1, 0.15) is 11.6 Å². The number of pyridine rings is 1. The van der Waals surface area contributed by atoms with Gasteiger partial charge in [-0.1, -0.05) is 12.1 Å². The van der Waals surface area contributed by atoms with E-state index in [-0.39, 0.29) is 12.5 Å². The van der Waals surface area contributed by atoms with E-state index >= 15 is 0 Å². The summed E-state index contributed by atoms with van der Waals surface area (Å²) in [5.41, 5.74) is 1.32. The Morgan fingerprint density at radius 2 is 2.05 bits per heavy atom. The topological polar surface area (TPSA) is 45.1 Å². The van der Waals surface area contributed by atoms with Gasteiger partial charge < -0.3 is 10.4 Å². The van der Waals surface area contributed by atoms with Crippen LogP contribution in [-0.2, 0) is 13.0 Å². The van der Waals surface area contributed by atoms with Gasteiger partial charge in [-0.15, -0.1) is 0 Å². The number of aliphatic hydroxyl groups excluding tert-OH is 1. The Morgan fingerprint density at radius 3 is 2.71 bits per heavy atom. The van der Waals surface area contributed by atoms with E-state index in [1.54, 1.807) is 6.20 Å². The Hall–Kier alpha value is -1.85. The van der Waals surface area contributed by atoms with Crippen LogP contribution in [0.3, 0.4) is 0 Å². The molecule has 2 N–H and O–H groups in total. The molecule has 0 spiro atoms. The molecule has 0 fully saturated rings. The first-order valence-corrected chi connectivity index (χ1v) is 6.84. The van der Waals surface area contributed by atoms with Gasteiger partial charge in [0, 0.05) is 43.2 Å². The van der Waals surface area contributed by atoms with Gasteiger partial charge in [-0.05, 0) is 30.5 Å². The summed E-state index contributed by atoms with van der Waals surface area (Å²) in [6.45, 7) is 0.851. The number of aromatic nitrogens is 1. The Morgan fingerprint density at radius 1 is 1.19 bits per heavy atom. The van der Waals surface area contributed by atoms with Crippen molar-refractivity contribution in [3.05, 3.63) is 65.5 Å². The molecule has 1 aromatic carbocycles. The van der Waals surface area contributed by atoms with Crippen molar-refractivity contribution in [2.45, 2.75) is 13.0 Å². The molecule has 1 atom stereocenters. The van der Waals surface area contributed by atoms with Crippen LogP contribution in [0.5, 0.6) is 0 Å². The minimum absolute atomic E-state index is 0.00316. The molecular weight excluding hydrogens is 274 g/mol. The van der Waals surface area contributed by atoms with E-state index in [4.69, 9.17) is 0 Å². The molecule has 0 aliphatic carbocycles. The highest BCUT2D eigenvalue weighted by Gasteiger charge is 2.10. The maximum absolute atomic E-state index is 13.5. The first kappa shape index (κ1) is 15.5. The second-order valence-electron chi connectivity index (χ2n) is 4.94. The third-order valence-corrected chi connectivity index (χ3v) is 3.25. The molecule has 0 saturated heterocycles. The van der Waals surface area contributed by atoms with Crippen LogP contribution in [0.15, 0.2) is 42.6 Å². The molecule has 112 valence electrons. The van der Waals surface area contributed by atoms with Crippen LogP contribution in [0.1, 0.15) is 11.3 Å². The number of aliphatic hydroxyl groups is 1. The van der Waals surface area contributed by atoms with Crippen LogP contribution in [0, 0.1) is 17.6 Å². The fraction of sp³-hybridized carbons (Fsp3) is 0.312. The number of nitrogens with one attached hydrogen (secondary N) is 1. The number of halogens is 2. The molecule has 1 aromatic heterocycles. The second-order valence-corrected chi connectivity index (χ2v) is 4.94. The number of rotatable bonds is 7. The van der Waals surface area contributed by atoms with Crippen molar-refractivity contribution in [1.82, 2.24) is 10.3 Å². The highest BCUT2D eigenvalue weighted by atomic mass is 19.1. The average Bonchev–Trinajstić information content (AvgIpc) is 2.49. The van der Waals surface area contributed by atoms with Crippen LogP contribution in [0.2, 0.25) is 0 Å². The first-order valence-electron chi connectivity index (χ1n) is 6.84. The fourth-order valence-electron chi connectivity index (χ4n) is 2.09. The number of hydrogen-bond donors (Lipinski definition) is 2. The molecule has 5 heteroatoms. The normalized spacial score (nSPS) is 12.3. The maximum Gasteiger partial charge on any atom is 0.130 e. The summed E-state index contributed by atoms with van der Waals surface area (Å²) in [5.74, 6) is -1.14. The fourth-order valence-corrected chi connectivity index (χ4v) is 2.09. The van der Waals surface area contributed by atoms with E-state index in [0.717, 1.165) is 11.8 Å². The SMILES string of the molecule is OCC(CNCc1ccc(F)cc1F)Cc1ccccn1. The maximum atomic E-state index is 13.5. The van der Waals surface area contributed by atoms with Crippen molar-refractivity contribution in [3.8, 4) is 0 Å². The zero-order valence-electron chi connectivity index (χ0n) is 11.6. The van der Waals surface area contributed by atoms with Gasteiger partial charge in [0.25, 0.3) is 0 Å². The predicted octanol–water partition coefficient (Wildman–Crippen LogP) is 2.30.